The molecule has 7 heteroatoms. The molecule has 2 aliphatic heterocycles. The summed E-state index contributed by atoms with van der Waals surface area (Å²) in [5.74, 6) is 0.527. The minimum Gasteiger partial charge on any atom is -0.495 e. The maximum Gasteiger partial charge on any atom is 0.238 e. The van der Waals surface area contributed by atoms with Crippen molar-refractivity contribution >= 4 is 33.5 Å². The Morgan fingerprint density at radius 2 is 2.10 bits per heavy atom. The highest BCUT2D eigenvalue weighted by atomic mass is 16.6. The number of hydrogen-bond acceptors (Lipinski definition) is 6. The molecule has 5 rings (SSSR count). The van der Waals surface area contributed by atoms with E-state index in [9.17, 15) is 4.79 Å². The van der Waals surface area contributed by atoms with Crippen LogP contribution >= 0.6 is 0 Å². The predicted molar refractivity (Wildman–Crippen MR) is 119 cm³/mol. The van der Waals surface area contributed by atoms with Crippen molar-refractivity contribution in [1.82, 2.24) is 4.90 Å². The molecule has 1 amide bonds. The largest absolute Gasteiger partial charge is 0.495 e. The van der Waals surface area contributed by atoms with Gasteiger partial charge in [0.2, 0.25) is 5.91 Å². The van der Waals surface area contributed by atoms with Gasteiger partial charge in [-0.05, 0) is 31.4 Å². The number of ether oxygens (including phenoxy) is 3. The molecular formula is C24H28N2O5. The lowest BCUT2D eigenvalue weighted by Crippen LogP contribution is -2.58. The van der Waals surface area contributed by atoms with Crippen LogP contribution < -0.4 is 10.1 Å². The molecule has 1 aromatic heterocycles. The fourth-order valence-corrected chi connectivity index (χ4v) is 5.10. The van der Waals surface area contributed by atoms with Crippen LogP contribution in [-0.4, -0.2) is 63.0 Å². The third-order valence-corrected chi connectivity index (χ3v) is 6.54. The Morgan fingerprint density at radius 3 is 2.87 bits per heavy atom. The average Bonchev–Trinajstić information content (AvgIpc) is 3.37. The number of benzene rings is 2. The summed E-state index contributed by atoms with van der Waals surface area (Å²) in [6.45, 7) is 2.56. The molecule has 2 atom stereocenters. The quantitative estimate of drug-likeness (QED) is 0.672. The molecule has 2 unspecified atom stereocenters. The molecule has 1 N–H and O–H groups in total. The maximum absolute atomic E-state index is 12.9. The number of piperidine rings is 1. The van der Waals surface area contributed by atoms with E-state index in [4.69, 9.17) is 18.6 Å². The Kier molecular flexibility index (Phi) is 5.33. The number of fused-ring (bicyclic) bond motifs is 3. The number of methoxy groups -OCH3 is 2. The summed E-state index contributed by atoms with van der Waals surface area (Å²) < 4.78 is 23.3. The Hall–Kier alpha value is -2.61. The molecule has 0 saturated carbocycles. The van der Waals surface area contributed by atoms with Crippen LogP contribution in [0.4, 0.5) is 5.69 Å². The molecule has 0 bridgehead atoms. The second kappa shape index (κ2) is 8.15. The number of carbonyl (C=O) groups excluding carboxylic acids is 1. The lowest BCUT2D eigenvalue weighted by atomic mass is 9.87. The van der Waals surface area contributed by atoms with E-state index in [1.165, 1.54) is 0 Å². The number of carbonyl (C=O) groups is 1. The summed E-state index contributed by atoms with van der Waals surface area (Å²) in [6, 6.07) is 11.6. The van der Waals surface area contributed by atoms with Gasteiger partial charge in [0, 0.05) is 43.6 Å². The fraction of sp³-hybridized carbons (Fsp3) is 0.458. The van der Waals surface area contributed by atoms with Gasteiger partial charge in [0.1, 0.15) is 22.5 Å². The first-order chi connectivity index (χ1) is 15.1. The average molecular weight is 424 g/mol. The summed E-state index contributed by atoms with van der Waals surface area (Å²) in [6.07, 6.45) is 2.96. The van der Waals surface area contributed by atoms with Crippen molar-refractivity contribution in [2.24, 2.45) is 0 Å². The predicted octanol–water partition coefficient (Wildman–Crippen LogP) is 3.80. The molecule has 0 aliphatic carbocycles. The number of nitrogens with zero attached hydrogens (tertiary/aromatic N) is 1. The zero-order valence-corrected chi connectivity index (χ0v) is 18.0. The van der Waals surface area contributed by atoms with E-state index in [1.54, 1.807) is 14.2 Å². The smallest absolute Gasteiger partial charge is 0.238 e. The van der Waals surface area contributed by atoms with Crippen LogP contribution in [0.2, 0.25) is 0 Å². The molecule has 164 valence electrons. The van der Waals surface area contributed by atoms with Crippen LogP contribution in [0.1, 0.15) is 19.3 Å². The number of hydrogen-bond donors (Lipinski definition) is 1. The molecule has 2 aromatic carbocycles. The summed E-state index contributed by atoms with van der Waals surface area (Å²) in [4.78, 5) is 15.1. The van der Waals surface area contributed by atoms with Gasteiger partial charge in [0.15, 0.2) is 0 Å². The van der Waals surface area contributed by atoms with Crippen molar-refractivity contribution in [3.63, 3.8) is 0 Å². The number of amides is 1. The van der Waals surface area contributed by atoms with E-state index in [1.807, 2.05) is 36.4 Å². The first kappa shape index (κ1) is 20.3. The van der Waals surface area contributed by atoms with E-state index >= 15 is 0 Å². The number of furan rings is 1. The van der Waals surface area contributed by atoms with Gasteiger partial charge in [-0.3, -0.25) is 9.69 Å². The van der Waals surface area contributed by atoms with Gasteiger partial charge in [-0.15, -0.1) is 0 Å². The van der Waals surface area contributed by atoms with E-state index in [2.05, 4.69) is 10.2 Å². The number of rotatable bonds is 5. The monoisotopic (exact) mass is 424 g/mol. The van der Waals surface area contributed by atoms with Gasteiger partial charge in [-0.2, -0.15) is 0 Å². The SMILES string of the molecule is COc1cc2c(cc1NC(=O)CN1CCC(OC)C3(CCCO3)C1)oc1ccccc12. The van der Waals surface area contributed by atoms with Crippen LogP contribution in [0.25, 0.3) is 21.9 Å². The maximum atomic E-state index is 12.9. The topological polar surface area (TPSA) is 73.2 Å². The van der Waals surface area contributed by atoms with Crippen LogP contribution in [-0.2, 0) is 14.3 Å². The summed E-state index contributed by atoms with van der Waals surface area (Å²) in [5, 5.41) is 5.00. The van der Waals surface area contributed by atoms with Crippen LogP contribution in [0.15, 0.2) is 40.8 Å². The third kappa shape index (κ3) is 3.67. The molecular weight excluding hydrogens is 396 g/mol. The van der Waals surface area contributed by atoms with Crippen LogP contribution in [0, 0.1) is 0 Å². The normalized spacial score (nSPS) is 24.3. The molecule has 7 nitrogen and oxygen atoms in total. The van der Waals surface area contributed by atoms with E-state index < -0.39 is 0 Å². The van der Waals surface area contributed by atoms with Gasteiger partial charge in [-0.1, -0.05) is 18.2 Å². The number of likely N-dealkylation sites (tertiary alicyclic amines) is 1. The van der Waals surface area contributed by atoms with Crippen molar-refractivity contribution in [3.8, 4) is 5.75 Å². The summed E-state index contributed by atoms with van der Waals surface area (Å²) in [5.41, 5.74) is 1.85. The van der Waals surface area contributed by atoms with Crippen molar-refractivity contribution < 1.29 is 23.4 Å². The standard InChI is InChI=1S/C24H28N2O5/c1-28-21-12-17-16-6-3-4-7-19(16)31-20(17)13-18(21)25-23(27)14-26-10-8-22(29-2)24(15-26)9-5-11-30-24/h3-4,6-7,12-13,22H,5,8-11,14-15H2,1-2H3,(H,25,27). The molecule has 31 heavy (non-hydrogen) atoms. The molecule has 3 aromatic rings. The summed E-state index contributed by atoms with van der Waals surface area (Å²) in [7, 11) is 3.35. The second-order valence-electron chi connectivity index (χ2n) is 8.44. The summed E-state index contributed by atoms with van der Waals surface area (Å²) >= 11 is 0. The van der Waals surface area contributed by atoms with Crippen molar-refractivity contribution in [3.05, 3.63) is 36.4 Å². The van der Waals surface area contributed by atoms with Crippen LogP contribution in [0.3, 0.4) is 0 Å². The second-order valence-corrected chi connectivity index (χ2v) is 8.44. The lowest BCUT2D eigenvalue weighted by molar-refractivity contribution is -0.146. The molecule has 2 saturated heterocycles. The van der Waals surface area contributed by atoms with E-state index in [0.29, 0.717) is 24.5 Å². The van der Waals surface area contributed by atoms with E-state index in [-0.39, 0.29) is 17.6 Å². The number of anilines is 1. The fourth-order valence-electron chi connectivity index (χ4n) is 5.10. The van der Waals surface area contributed by atoms with Crippen molar-refractivity contribution in [2.45, 2.75) is 31.0 Å². The third-order valence-electron chi connectivity index (χ3n) is 6.54. The van der Waals surface area contributed by atoms with Gasteiger partial charge >= 0.3 is 0 Å². The first-order valence-corrected chi connectivity index (χ1v) is 10.8. The molecule has 2 fully saturated rings. The van der Waals surface area contributed by atoms with Crippen molar-refractivity contribution in [1.29, 1.82) is 0 Å². The highest BCUT2D eigenvalue weighted by Gasteiger charge is 2.47. The number of nitrogens with one attached hydrogen (secondary N) is 1. The minimum atomic E-state index is -0.293. The lowest BCUT2D eigenvalue weighted by Gasteiger charge is -2.44. The first-order valence-electron chi connectivity index (χ1n) is 10.8. The molecule has 0 radical (unpaired) electrons. The zero-order chi connectivity index (χ0) is 21.4. The Morgan fingerprint density at radius 1 is 1.23 bits per heavy atom. The number of para-hydroxylation sites is 1. The van der Waals surface area contributed by atoms with Crippen molar-refractivity contribution in [2.75, 3.05) is 45.8 Å². The minimum absolute atomic E-state index is 0.0854. The van der Waals surface area contributed by atoms with Gasteiger partial charge in [-0.25, -0.2) is 0 Å². The molecule has 2 aliphatic rings. The van der Waals surface area contributed by atoms with Gasteiger partial charge in [0.25, 0.3) is 0 Å². The molecule has 3 heterocycles. The Bertz CT molecular complexity index is 1100. The Labute approximate surface area is 181 Å². The van der Waals surface area contributed by atoms with Crippen LogP contribution in [0.5, 0.6) is 5.75 Å². The zero-order valence-electron chi connectivity index (χ0n) is 18.0. The highest BCUT2D eigenvalue weighted by Crippen LogP contribution is 2.38. The highest BCUT2D eigenvalue weighted by molar-refractivity contribution is 6.07. The van der Waals surface area contributed by atoms with Gasteiger partial charge < -0.3 is 23.9 Å². The molecule has 1 spiro atoms. The Balaban J connectivity index is 1.33. The van der Waals surface area contributed by atoms with E-state index in [0.717, 1.165) is 54.4 Å². The van der Waals surface area contributed by atoms with Gasteiger partial charge in [0.05, 0.1) is 25.4 Å².